The zero-order chi connectivity index (χ0) is 27.1. The first-order valence-electron chi connectivity index (χ1n) is 12.1. The Morgan fingerprint density at radius 1 is 1.21 bits per heavy atom. The lowest BCUT2D eigenvalue weighted by Gasteiger charge is -2.41. The van der Waals surface area contributed by atoms with Gasteiger partial charge in [0.1, 0.15) is 12.2 Å². The van der Waals surface area contributed by atoms with Gasteiger partial charge in [0.15, 0.2) is 0 Å². The lowest BCUT2D eigenvalue weighted by atomic mass is 9.75. The molecular weight excluding hydrogens is 501 g/mol. The first kappa shape index (κ1) is 26.1. The fraction of sp³-hybridized carbons (Fsp3) is 0.423. The number of hydrogen-bond donors (Lipinski definition) is 0. The number of hydrogen-bond acceptors (Lipinski definition) is 6. The summed E-state index contributed by atoms with van der Waals surface area (Å²) in [4.78, 5) is 15.3. The van der Waals surface area contributed by atoms with Crippen molar-refractivity contribution in [1.82, 2.24) is 28.6 Å². The van der Waals surface area contributed by atoms with Crippen LogP contribution in [0.3, 0.4) is 0 Å². The topological polar surface area (TPSA) is 78.8 Å². The second-order valence-corrected chi connectivity index (χ2v) is 9.89. The van der Waals surface area contributed by atoms with Crippen LogP contribution in [0.5, 0.6) is 0 Å². The average Bonchev–Trinajstić information content (AvgIpc) is 3.41. The molecule has 1 fully saturated rings. The first-order chi connectivity index (χ1) is 18.1. The van der Waals surface area contributed by atoms with Crippen molar-refractivity contribution in [3.05, 3.63) is 82.1 Å². The summed E-state index contributed by atoms with van der Waals surface area (Å²) in [7, 11) is 5.22. The minimum Gasteiger partial charge on any atom is -0.383 e. The minimum atomic E-state index is -4.63. The number of alkyl halides is 3. The highest BCUT2D eigenvalue weighted by Crippen LogP contribution is 2.37. The maximum Gasteiger partial charge on any atom is 0.418 e. The summed E-state index contributed by atoms with van der Waals surface area (Å²) < 4.78 is 57.0. The summed E-state index contributed by atoms with van der Waals surface area (Å²) in [6, 6.07) is 8.41. The SMILES string of the molecule is COCCN(C)Cc1cc(C(F)(F)F)c2cn(-c3cccc(C4(Cc5nncn5C)COC4)c3)c(=O)n2c1. The van der Waals surface area contributed by atoms with E-state index in [0.29, 0.717) is 44.0 Å². The van der Waals surface area contributed by atoms with Gasteiger partial charge in [0.2, 0.25) is 0 Å². The molecule has 0 aliphatic carbocycles. The minimum absolute atomic E-state index is 0.197. The molecule has 0 bridgehead atoms. The number of benzene rings is 1. The van der Waals surface area contributed by atoms with Crippen LogP contribution >= 0.6 is 0 Å². The van der Waals surface area contributed by atoms with Gasteiger partial charge in [-0.15, -0.1) is 10.2 Å². The molecule has 4 aromatic rings. The van der Waals surface area contributed by atoms with Gasteiger partial charge in [0.25, 0.3) is 0 Å². The second-order valence-electron chi connectivity index (χ2n) is 9.89. The zero-order valence-electron chi connectivity index (χ0n) is 21.4. The van der Waals surface area contributed by atoms with Gasteiger partial charge < -0.3 is 14.0 Å². The Morgan fingerprint density at radius 3 is 2.63 bits per heavy atom. The van der Waals surface area contributed by atoms with Crippen molar-refractivity contribution in [2.24, 2.45) is 7.05 Å². The van der Waals surface area contributed by atoms with Gasteiger partial charge in [-0.2, -0.15) is 13.2 Å². The third kappa shape index (κ3) is 4.86. The third-order valence-electron chi connectivity index (χ3n) is 7.05. The fourth-order valence-corrected chi connectivity index (χ4v) is 4.86. The number of fused-ring (bicyclic) bond motifs is 1. The number of aromatic nitrogens is 5. The number of pyridine rings is 1. The summed E-state index contributed by atoms with van der Waals surface area (Å²) in [5, 5.41) is 8.14. The number of likely N-dealkylation sites (N-methyl/N-ethyl adjacent to an activating group) is 1. The van der Waals surface area contributed by atoms with Crippen molar-refractivity contribution in [2.75, 3.05) is 40.5 Å². The molecule has 0 saturated carbocycles. The summed E-state index contributed by atoms with van der Waals surface area (Å²) >= 11 is 0. The van der Waals surface area contributed by atoms with Crippen molar-refractivity contribution in [2.45, 2.75) is 24.6 Å². The molecular formula is C26H29F3N6O3. The number of nitrogens with zero attached hydrogens (tertiary/aromatic N) is 6. The number of aryl methyl sites for hydroxylation is 1. The van der Waals surface area contributed by atoms with E-state index in [-0.39, 0.29) is 17.5 Å². The Labute approximate surface area is 217 Å². The van der Waals surface area contributed by atoms with Gasteiger partial charge in [0.05, 0.1) is 36.6 Å². The molecule has 0 atom stereocenters. The highest BCUT2D eigenvalue weighted by Gasteiger charge is 2.42. The van der Waals surface area contributed by atoms with Crippen LogP contribution in [0.1, 0.15) is 22.5 Å². The monoisotopic (exact) mass is 530 g/mol. The van der Waals surface area contributed by atoms with Gasteiger partial charge in [-0.1, -0.05) is 12.1 Å². The summed E-state index contributed by atoms with van der Waals surface area (Å²) in [6.45, 7) is 2.15. The van der Waals surface area contributed by atoms with E-state index in [1.54, 1.807) is 32.6 Å². The van der Waals surface area contributed by atoms with Crippen molar-refractivity contribution < 1.29 is 22.6 Å². The Kier molecular flexibility index (Phi) is 6.88. The van der Waals surface area contributed by atoms with Gasteiger partial charge in [0, 0.05) is 51.5 Å². The summed E-state index contributed by atoms with van der Waals surface area (Å²) in [6.07, 6.45) is 0.322. The normalized spacial score (nSPS) is 15.3. The van der Waals surface area contributed by atoms with Crippen LogP contribution in [-0.4, -0.2) is 69.2 Å². The zero-order valence-corrected chi connectivity index (χ0v) is 21.4. The quantitative estimate of drug-likeness (QED) is 0.331. The van der Waals surface area contributed by atoms with Crippen molar-refractivity contribution in [3.8, 4) is 5.69 Å². The van der Waals surface area contributed by atoms with E-state index in [1.807, 2.05) is 28.6 Å². The van der Waals surface area contributed by atoms with E-state index in [1.165, 1.54) is 17.0 Å². The predicted octanol–water partition coefficient (Wildman–Crippen LogP) is 2.83. The van der Waals surface area contributed by atoms with E-state index in [9.17, 15) is 18.0 Å². The van der Waals surface area contributed by atoms with E-state index in [0.717, 1.165) is 21.9 Å². The van der Waals surface area contributed by atoms with E-state index in [2.05, 4.69) is 10.2 Å². The third-order valence-corrected chi connectivity index (χ3v) is 7.05. The molecule has 0 radical (unpaired) electrons. The van der Waals surface area contributed by atoms with Crippen molar-refractivity contribution in [1.29, 1.82) is 0 Å². The standard InChI is InChI=1S/C26H29F3N6O3/c1-32(7-8-37-3)12-18-9-21(26(27,28)29)22-14-34(24(36)35(22)13-18)20-6-4-5-19(10-20)25(15-38-16-25)11-23-31-30-17-33(23)2/h4-6,9-10,13-14,17H,7-8,11-12,15-16H2,1-3H3. The largest absolute Gasteiger partial charge is 0.418 e. The van der Waals surface area contributed by atoms with Crippen LogP contribution in [0.15, 0.2) is 53.8 Å². The Balaban J connectivity index is 1.56. The second kappa shape index (κ2) is 10.0. The molecule has 1 saturated heterocycles. The van der Waals surface area contributed by atoms with Crippen LogP contribution in [0, 0.1) is 0 Å². The van der Waals surface area contributed by atoms with Gasteiger partial charge in [-0.05, 0) is 36.4 Å². The first-order valence-corrected chi connectivity index (χ1v) is 12.1. The predicted molar refractivity (Wildman–Crippen MR) is 133 cm³/mol. The molecule has 1 aromatic carbocycles. The van der Waals surface area contributed by atoms with E-state index >= 15 is 0 Å². The van der Waals surface area contributed by atoms with Crippen LogP contribution in [0.25, 0.3) is 11.2 Å². The highest BCUT2D eigenvalue weighted by atomic mass is 19.4. The molecule has 0 spiro atoms. The molecule has 12 heteroatoms. The number of methoxy groups -OCH3 is 1. The number of rotatable bonds is 9. The summed E-state index contributed by atoms with van der Waals surface area (Å²) in [5.74, 6) is 0.795. The van der Waals surface area contributed by atoms with Crippen LogP contribution in [0.2, 0.25) is 0 Å². The van der Waals surface area contributed by atoms with Gasteiger partial charge in [-0.25, -0.2) is 4.79 Å². The maximum atomic E-state index is 14.1. The highest BCUT2D eigenvalue weighted by molar-refractivity contribution is 5.58. The Morgan fingerprint density at radius 2 is 2.00 bits per heavy atom. The van der Waals surface area contributed by atoms with E-state index in [4.69, 9.17) is 9.47 Å². The number of imidazole rings is 1. The smallest absolute Gasteiger partial charge is 0.383 e. The molecule has 3 aromatic heterocycles. The van der Waals surface area contributed by atoms with Crippen LogP contribution in [-0.2, 0) is 41.1 Å². The van der Waals surface area contributed by atoms with E-state index < -0.39 is 17.4 Å². The van der Waals surface area contributed by atoms with Crippen molar-refractivity contribution in [3.63, 3.8) is 0 Å². The number of halogens is 3. The van der Waals surface area contributed by atoms with Crippen LogP contribution < -0.4 is 5.69 Å². The average molecular weight is 531 g/mol. The molecule has 4 heterocycles. The Hall–Kier alpha value is -3.48. The molecule has 1 aliphatic heterocycles. The molecule has 9 nitrogen and oxygen atoms in total. The Bertz CT molecular complexity index is 1500. The summed E-state index contributed by atoms with van der Waals surface area (Å²) in [5.41, 5.74) is -0.209. The molecule has 0 amide bonds. The molecule has 38 heavy (non-hydrogen) atoms. The lowest BCUT2D eigenvalue weighted by molar-refractivity contribution is -0.136. The molecule has 5 rings (SSSR count). The molecule has 0 N–H and O–H groups in total. The number of ether oxygens (including phenoxy) is 2. The molecule has 202 valence electrons. The van der Waals surface area contributed by atoms with Crippen LogP contribution in [0.4, 0.5) is 13.2 Å². The lowest BCUT2D eigenvalue weighted by Crippen LogP contribution is -2.49. The molecule has 0 unspecified atom stereocenters. The maximum absolute atomic E-state index is 14.1. The van der Waals surface area contributed by atoms with Gasteiger partial charge in [-0.3, -0.25) is 13.9 Å². The van der Waals surface area contributed by atoms with Gasteiger partial charge >= 0.3 is 11.9 Å². The molecule has 1 aliphatic rings. The fourth-order valence-electron chi connectivity index (χ4n) is 4.86. The van der Waals surface area contributed by atoms with Crippen molar-refractivity contribution >= 4 is 5.52 Å².